The van der Waals surface area contributed by atoms with Crippen molar-refractivity contribution < 1.29 is 22.8 Å². The molecule has 0 saturated carbocycles. The van der Waals surface area contributed by atoms with Crippen LogP contribution in [0.4, 0.5) is 18.9 Å². The first kappa shape index (κ1) is 30.0. The molecule has 0 radical (unpaired) electrons. The molecule has 5 heterocycles. The molecule has 0 spiro atoms. The number of rotatable bonds is 6. The van der Waals surface area contributed by atoms with E-state index in [1.807, 2.05) is 45.0 Å². The molecular weight excluding hydrogens is 587 g/mol. The van der Waals surface area contributed by atoms with Gasteiger partial charge >= 0.3 is 5.69 Å². The first-order valence-electron chi connectivity index (χ1n) is 15.7. The van der Waals surface area contributed by atoms with E-state index in [0.29, 0.717) is 70.0 Å². The summed E-state index contributed by atoms with van der Waals surface area (Å²) in [6.45, 7) is 4.65. The number of nitrogens with zero attached hydrogens (tertiary/aromatic N) is 6. The van der Waals surface area contributed by atoms with Crippen LogP contribution in [0.3, 0.4) is 0 Å². The monoisotopic (exact) mass is 625 g/mol. The number of likely N-dealkylation sites (tertiary alicyclic amines) is 2. The van der Waals surface area contributed by atoms with Crippen LogP contribution in [-0.4, -0.2) is 106 Å². The summed E-state index contributed by atoms with van der Waals surface area (Å²) in [5.74, 6) is -4.25. The van der Waals surface area contributed by atoms with Crippen molar-refractivity contribution in [3.63, 3.8) is 0 Å². The molecular formula is C32H38F3N7O3. The average Bonchev–Trinajstić information content (AvgIpc) is 3.24. The lowest BCUT2D eigenvalue weighted by Crippen LogP contribution is -2.69. The molecule has 1 aromatic heterocycles. The topological polar surface area (TPSA) is 86.1 Å². The molecule has 2 amide bonds. The second kappa shape index (κ2) is 11.6. The van der Waals surface area contributed by atoms with Crippen LogP contribution in [0.5, 0.6) is 0 Å². The van der Waals surface area contributed by atoms with E-state index in [1.54, 1.807) is 12.1 Å². The molecule has 4 saturated heterocycles. The van der Waals surface area contributed by atoms with Crippen LogP contribution in [0.25, 0.3) is 11.0 Å². The Morgan fingerprint density at radius 1 is 0.911 bits per heavy atom. The van der Waals surface area contributed by atoms with Crippen LogP contribution >= 0.6 is 0 Å². The summed E-state index contributed by atoms with van der Waals surface area (Å²) < 4.78 is 49.0. The molecule has 0 aliphatic carbocycles. The van der Waals surface area contributed by atoms with Gasteiger partial charge in [-0.2, -0.15) is 0 Å². The molecule has 45 heavy (non-hydrogen) atoms. The number of aryl methyl sites for hydroxylation is 1. The Labute approximate surface area is 258 Å². The quantitative estimate of drug-likeness (QED) is 0.421. The Morgan fingerprint density at radius 3 is 2.33 bits per heavy atom. The largest absolute Gasteiger partial charge is 0.367 e. The van der Waals surface area contributed by atoms with E-state index in [1.165, 1.54) is 16.2 Å². The van der Waals surface area contributed by atoms with Crippen molar-refractivity contribution in [2.45, 2.75) is 49.9 Å². The van der Waals surface area contributed by atoms with E-state index in [4.69, 9.17) is 0 Å². The van der Waals surface area contributed by atoms with Crippen LogP contribution in [-0.2, 0) is 23.2 Å². The SMILES string of the molecule is Cn1c(=O)n(C2CCC(=O)NC2=O)c2ccc(N3CCN(C4CN(C5CCN(Cc6ccccc6)CC5(F)F)C4)CC3)c(F)c21. The molecule has 13 heteroatoms. The highest BCUT2D eigenvalue weighted by Crippen LogP contribution is 2.36. The first-order chi connectivity index (χ1) is 21.6. The zero-order chi connectivity index (χ0) is 31.5. The smallest absolute Gasteiger partial charge is 0.329 e. The van der Waals surface area contributed by atoms with E-state index < -0.39 is 35.4 Å². The summed E-state index contributed by atoms with van der Waals surface area (Å²) >= 11 is 0. The van der Waals surface area contributed by atoms with Crippen molar-refractivity contribution in [1.82, 2.24) is 29.2 Å². The molecule has 2 aromatic carbocycles. The number of carbonyl (C=O) groups is 2. The number of aromatic nitrogens is 2. The highest BCUT2D eigenvalue weighted by atomic mass is 19.3. The number of imide groups is 1. The molecule has 7 rings (SSSR count). The maximum absolute atomic E-state index is 16.0. The van der Waals surface area contributed by atoms with E-state index in [-0.39, 0.29) is 36.9 Å². The summed E-state index contributed by atoms with van der Waals surface area (Å²) in [6.07, 6.45) is 0.730. The lowest BCUT2D eigenvalue weighted by atomic mass is 9.93. The minimum Gasteiger partial charge on any atom is -0.367 e. The molecule has 3 aromatic rings. The predicted octanol–water partition coefficient (Wildman–Crippen LogP) is 2.17. The number of nitrogens with one attached hydrogen (secondary N) is 1. The molecule has 0 bridgehead atoms. The number of amides is 2. The van der Waals surface area contributed by atoms with E-state index in [2.05, 4.69) is 10.2 Å². The third-order valence-corrected chi connectivity index (χ3v) is 10.1. The van der Waals surface area contributed by atoms with Crippen molar-refractivity contribution in [2.75, 3.05) is 57.3 Å². The Bertz CT molecular complexity index is 1660. The molecule has 10 nitrogen and oxygen atoms in total. The number of halogens is 3. The van der Waals surface area contributed by atoms with Gasteiger partial charge in [0.15, 0.2) is 5.82 Å². The predicted molar refractivity (Wildman–Crippen MR) is 163 cm³/mol. The lowest BCUT2D eigenvalue weighted by molar-refractivity contribution is -0.154. The van der Waals surface area contributed by atoms with Crippen LogP contribution in [0.15, 0.2) is 47.3 Å². The minimum absolute atomic E-state index is 0.110. The summed E-state index contributed by atoms with van der Waals surface area (Å²) in [6, 6.07) is 11.6. The van der Waals surface area contributed by atoms with Crippen LogP contribution in [0.1, 0.15) is 30.9 Å². The highest BCUT2D eigenvalue weighted by molar-refractivity contribution is 6.00. The van der Waals surface area contributed by atoms with E-state index >= 15 is 13.2 Å². The number of anilines is 1. The molecule has 2 unspecified atom stereocenters. The summed E-state index contributed by atoms with van der Waals surface area (Å²) in [4.78, 5) is 45.2. The van der Waals surface area contributed by atoms with Crippen LogP contribution < -0.4 is 15.9 Å². The normalized spacial score (nSPS) is 25.5. The van der Waals surface area contributed by atoms with Gasteiger partial charge in [0, 0.05) is 71.9 Å². The average molecular weight is 626 g/mol. The molecule has 4 aliphatic heterocycles. The fourth-order valence-corrected chi connectivity index (χ4v) is 7.62. The number of hydrogen-bond acceptors (Lipinski definition) is 7. The van der Waals surface area contributed by atoms with Crippen LogP contribution in [0, 0.1) is 5.82 Å². The Morgan fingerprint density at radius 2 is 1.64 bits per heavy atom. The van der Waals surface area contributed by atoms with Crippen molar-refractivity contribution in [1.29, 1.82) is 0 Å². The highest BCUT2D eigenvalue weighted by Gasteiger charge is 2.51. The third kappa shape index (κ3) is 5.44. The van der Waals surface area contributed by atoms with Gasteiger partial charge < -0.3 is 4.90 Å². The standard InChI is InChI=1S/C32H38F3N7O3/c1-37-29-24(42(31(37)45)25-9-10-27(43)36-30(25)44)8-7-23(28(29)33)40-15-13-39(14-16-40)22-18-41(19-22)26-11-12-38(20-32(26,34)35)17-21-5-3-2-4-6-21/h2-8,22,25-26H,9-20H2,1H3,(H,36,43,44). The van der Waals surface area contributed by atoms with Gasteiger partial charge in [-0.3, -0.25) is 38.7 Å². The number of alkyl halides is 2. The summed E-state index contributed by atoms with van der Waals surface area (Å²) in [5, 5.41) is 2.27. The Kier molecular flexibility index (Phi) is 7.73. The summed E-state index contributed by atoms with van der Waals surface area (Å²) in [7, 11) is 1.48. The van der Waals surface area contributed by atoms with Crippen molar-refractivity contribution in [2.24, 2.45) is 7.05 Å². The zero-order valence-electron chi connectivity index (χ0n) is 25.3. The summed E-state index contributed by atoms with van der Waals surface area (Å²) in [5.41, 5.74) is 1.35. The number of hydrogen-bond donors (Lipinski definition) is 1. The number of piperidine rings is 2. The van der Waals surface area contributed by atoms with Gasteiger partial charge in [0.05, 0.1) is 23.8 Å². The number of piperazine rings is 1. The lowest BCUT2D eigenvalue weighted by Gasteiger charge is -2.53. The number of carbonyl (C=O) groups excluding carboxylic acids is 2. The second-order valence-electron chi connectivity index (χ2n) is 12.8. The van der Waals surface area contributed by atoms with Gasteiger partial charge in [0.1, 0.15) is 11.6 Å². The fourth-order valence-electron chi connectivity index (χ4n) is 7.62. The first-order valence-corrected chi connectivity index (χ1v) is 15.7. The van der Waals surface area contributed by atoms with Gasteiger partial charge in [0.2, 0.25) is 11.8 Å². The van der Waals surface area contributed by atoms with Gasteiger partial charge in [-0.15, -0.1) is 0 Å². The Balaban J connectivity index is 0.963. The third-order valence-electron chi connectivity index (χ3n) is 10.1. The molecule has 1 N–H and O–H groups in total. The van der Waals surface area contributed by atoms with Gasteiger partial charge in [-0.05, 0) is 30.5 Å². The Hall–Kier alpha value is -3.68. The van der Waals surface area contributed by atoms with E-state index in [9.17, 15) is 14.4 Å². The molecule has 4 fully saturated rings. The van der Waals surface area contributed by atoms with Crippen molar-refractivity contribution in [3.8, 4) is 0 Å². The second-order valence-corrected chi connectivity index (χ2v) is 12.8. The number of imidazole rings is 1. The molecule has 4 aliphatic rings. The van der Waals surface area contributed by atoms with Crippen molar-refractivity contribution in [3.05, 3.63) is 64.3 Å². The number of benzene rings is 2. The minimum atomic E-state index is -2.77. The van der Waals surface area contributed by atoms with Crippen LogP contribution in [0.2, 0.25) is 0 Å². The van der Waals surface area contributed by atoms with Gasteiger partial charge in [-0.25, -0.2) is 18.0 Å². The maximum Gasteiger partial charge on any atom is 0.329 e. The zero-order valence-corrected chi connectivity index (χ0v) is 25.3. The molecule has 240 valence electrons. The molecule has 2 atom stereocenters. The fraction of sp³-hybridized carbons (Fsp3) is 0.531. The van der Waals surface area contributed by atoms with Gasteiger partial charge in [-0.1, -0.05) is 30.3 Å². The van der Waals surface area contributed by atoms with Crippen molar-refractivity contribution >= 4 is 28.5 Å². The van der Waals surface area contributed by atoms with Gasteiger partial charge in [0.25, 0.3) is 5.92 Å². The maximum atomic E-state index is 16.0. The van der Waals surface area contributed by atoms with E-state index in [0.717, 1.165) is 5.56 Å². The number of fused-ring (bicyclic) bond motifs is 1.